The molecule has 1 nitrogen and oxygen atoms in total. The maximum Gasteiger partial charge on any atom is 0.198 e. The Kier molecular flexibility index (Phi) is 5.88. The second-order valence-electron chi connectivity index (χ2n) is 4.25. The summed E-state index contributed by atoms with van der Waals surface area (Å²) < 4.78 is 0. The summed E-state index contributed by atoms with van der Waals surface area (Å²) >= 11 is 0. The van der Waals surface area contributed by atoms with Crippen molar-refractivity contribution in [1.29, 1.82) is 0 Å². The van der Waals surface area contributed by atoms with Crippen molar-refractivity contribution in [1.82, 2.24) is 0 Å². The van der Waals surface area contributed by atoms with Crippen molar-refractivity contribution in [3.05, 3.63) is 0 Å². The summed E-state index contributed by atoms with van der Waals surface area (Å²) in [5.41, 5.74) is 0. The van der Waals surface area contributed by atoms with Crippen LogP contribution in [0, 0.1) is 5.92 Å². The molecular weight excluding hydrogens is 160 g/mol. The monoisotopic (exact) mass is 181 g/mol. The van der Waals surface area contributed by atoms with Crippen LogP contribution >= 0.6 is 0 Å². The Morgan fingerprint density at radius 1 is 1.00 bits per heavy atom. The quantitative estimate of drug-likeness (QED) is 0.572. The van der Waals surface area contributed by atoms with E-state index in [1.54, 1.807) is 0 Å². The Hall–Kier alpha value is -0.330. The maximum absolute atomic E-state index is 9.94. The van der Waals surface area contributed by atoms with E-state index in [2.05, 4.69) is 0 Å². The zero-order chi connectivity index (χ0) is 9.36. The van der Waals surface area contributed by atoms with Crippen molar-refractivity contribution in [3.63, 3.8) is 0 Å². The van der Waals surface area contributed by atoms with Gasteiger partial charge in [0.25, 0.3) is 0 Å². The lowest BCUT2D eigenvalue weighted by Gasteiger charge is -2.21. The van der Waals surface area contributed by atoms with E-state index in [0.717, 1.165) is 12.3 Å². The Balaban J connectivity index is 1.89. The number of hydrogen-bond acceptors (Lipinski definition) is 1. The van der Waals surface area contributed by atoms with Crippen LogP contribution in [-0.2, 0) is 4.79 Å². The standard InChI is InChI=1S/C12H21O/c13-11-7-2-1-4-8-12-9-5-3-6-10-12/h12H,1-10H2. The molecule has 1 saturated carbocycles. The van der Waals surface area contributed by atoms with Gasteiger partial charge in [0.2, 0.25) is 0 Å². The third kappa shape index (κ3) is 5.07. The van der Waals surface area contributed by atoms with Crippen molar-refractivity contribution in [3.8, 4) is 0 Å². The summed E-state index contributed by atoms with van der Waals surface area (Å²) in [5.74, 6) is 1.01. The largest absolute Gasteiger partial charge is 0.291 e. The van der Waals surface area contributed by atoms with E-state index in [-0.39, 0.29) is 0 Å². The second-order valence-corrected chi connectivity index (χ2v) is 4.25. The van der Waals surface area contributed by atoms with Crippen LogP contribution in [0.4, 0.5) is 0 Å². The van der Waals surface area contributed by atoms with Gasteiger partial charge in [0.05, 0.1) is 0 Å². The summed E-state index contributed by atoms with van der Waals surface area (Å²) in [6.45, 7) is 0. The molecule has 0 bridgehead atoms. The van der Waals surface area contributed by atoms with Crippen LogP contribution in [-0.4, -0.2) is 6.29 Å². The minimum absolute atomic E-state index is 0.644. The summed E-state index contributed by atoms with van der Waals surface area (Å²) in [6, 6.07) is 0. The molecule has 0 aliphatic heterocycles. The number of hydrogen-bond donors (Lipinski definition) is 0. The molecule has 0 unspecified atom stereocenters. The molecule has 1 rings (SSSR count). The normalized spacial score (nSPS) is 18.8. The van der Waals surface area contributed by atoms with Gasteiger partial charge in [0.15, 0.2) is 6.29 Å². The molecule has 1 radical (unpaired) electrons. The van der Waals surface area contributed by atoms with E-state index in [0.29, 0.717) is 6.42 Å². The van der Waals surface area contributed by atoms with Gasteiger partial charge in [-0.25, -0.2) is 0 Å². The van der Waals surface area contributed by atoms with Gasteiger partial charge in [-0.1, -0.05) is 51.4 Å². The van der Waals surface area contributed by atoms with E-state index < -0.39 is 0 Å². The first-order valence-corrected chi connectivity index (χ1v) is 5.78. The fraction of sp³-hybridized carbons (Fsp3) is 0.917. The molecular formula is C12H21O. The molecule has 0 spiro atoms. The summed E-state index contributed by atoms with van der Waals surface area (Å²) in [5, 5.41) is 0. The third-order valence-electron chi connectivity index (χ3n) is 3.12. The molecule has 13 heavy (non-hydrogen) atoms. The van der Waals surface area contributed by atoms with Crippen LogP contribution in [0.15, 0.2) is 0 Å². The van der Waals surface area contributed by atoms with Crippen LogP contribution in [0.1, 0.15) is 64.2 Å². The number of carbonyl (C=O) groups excluding carboxylic acids is 1. The molecule has 75 valence electrons. The van der Waals surface area contributed by atoms with Gasteiger partial charge in [0.1, 0.15) is 0 Å². The van der Waals surface area contributed by atoms with Gasteiger partial charge in [-0.15, -0.1) is 0 Å². The predicted octanol–water partition coefficient (Wildman–Crippen LogP) is 3.63. The molecule has 0 N–H and O–H groups in total. The lowest BCUT2D eigenvalue weighted by Crippen LogP contribution is -2.05. The Labute approximate surface area is 81.9 Å². The van der Waals surface area contributed by atoms with Crippen LogP contribution < -0.4 is 0 Å². The molecule has 1 aliphatic rings. The van der Waals surface area contributed by atoms with Crippen molar-refractivity contribution in [2.75, 3.05) is 0 Å². The fourth-order valence-corrected chi connectivity index (χ4v) is 2.28. The van der Waals surface area contributed by atoms with Crippen molar-refractivity contribution >= 4 is 6.29 Å². The zero-order valence-electron chi connectivity index (χ0n) is 8.56. The van der Waals surface area contributed by atoms with Gasteiger partial charge in [-0.05, 0) is 12.3 Å². The maximum atomic E-state index is 9.94. The Morgan fingerprint density at radius 3 is 2.46 bits per heavy atom. The molecule has 0 aromatic carbocycles. The SMILES string of the molecule is O=[C]CCCCCC1CCCCC1. The van der Waals surface area contributed by atoms with Gasteiger partial charge in [-0.2, -0.15) is 0 Å². The molecule has 0 saturated heterocycles. The molecule has 0 amide bonds. The molecule has 1 fully saturated rings. The number of unbranched alkanes of at least 4 members (excludes halogenated alkanes) is 3. The van der Waals surface area contributed by atoms with Gasteiger partial charge >= 0.3 is 0 Å². The van der Waals surface area contributed by atoms with E-state index >= 15 is 0 Å². The Bertz CT molecular complexity index is 125. The summed E-state index contributed by atoms with van der Waals surface area (Å²) in [7, 11) is 0. The first-order valence-electron chi connectivity index (χ1n) is 5.78. The average molecular weight is 181 g/mol. The van der Waals surface area contributed by atoms with E-state index in [9.17, 15) is 4.79 Å². The van der Waals surface area contributed by atoms with Gasteiger partial charge in [0, 0.05) is 6.42 Å². The number of rotatable bonds is 6. The highest BCUT2D eigenvalue weighted by atomic mass is 16.1. The van der Waals surface area contributed by atoms with Crippen LogP contribution in [0.3, 0.4) is 0 Å². The lowest BCUT2D eigenvalue weighted by atomic mass is 9.85. The van der Waals surface area contributed by atoms with Crippen LogP contribution in [0.25, 0.3) is 0 Å². The topological polar surface area (TPSA) is 17.1 Å². The molecule has 1 heteroatoms. The highest BCUT2D eigenvalue weighted by Gasteiger charge is 2.12. The molecule has 0 atom stereocenters. The van der Waals surface area contributed by atoms with E-state index in [1.165, 1.54) is 51.4 Å². The summed E-state index contributed by atoms with van der Waals surface area (Å²) in [6.07, 6.45) is 14.9. The highest BCUT2D eigenvalue weighted by molar-refractivity contribution is 5.50. The average Bonchev–Trinajstić information content (AvgIpc) is 2.19. The lowest BCUT2D eigenvalue weighted by molar-refractivity contribution is 0.329. The molecule has 0 heterocycles. The fourth-order valence-electron chi connectivity index (χ4n) is 2.28. The van der Waals surface area contributed by atoms with Crippen molar-refractivity contribution in [2.24, 2.45) is 5.92 Å². The van der Waals surface area contributed by atoms with Gasteiger partial charge < -0.3 is 0 Å². The zero-order valence-corrected chi connectivity index (χ0v) is 8.56. The van der Waals surface area contributed by atoms with Crippen molar-refractivity contribution in [2.45, 2.75) is 64.2 Å². The minimum atomic E-state index is 0.644. The molecule has 0 aromatic rings. The first-order chi connectivity index (χ1) is 6.43. The minimum Gasteiger partial charge on any atom is -0.291 e. The van der Waals surface area contributed by atoms with E-state index in [4.69, 9.17) is 0 Å². The third-order valence-corrected chi connectivity index (χ3v) is 3.12. The predicted molar refractivity (Wildman–Crippen MR) is 55.4 cm³/mol. The summed E-state index contributed by atoms with van der Waals surface area (Å²) in [4.78, 5) is 9.94. The Morgan fingerprint density at radius 2 is 1.77 bits per heavy atom. The first kappa shape index (κ1) is 10.7. The van der Waals surface area contributed by atoms with Gasteiger partial charge in [-0.3, -0.25) is 4.79 Å². The molecule has 1 aliphatic carbocycles. The van der Waals surface area contributed by atoms with Crippen LogP contribution in [0.5, 0.6) is 0 Å². The van der Waals surface area contributed by atoms with Crippen LogP contribution in [0.2, 0.25) is 0 Å². The highest BCUT2D eigenvalue weighted by Crippen LogP contribution is 2.27. The van der Waals surface area contributed by atoms with Crippen molar-refractivity contribution < 1.29 is 4.79 Å². The van der Waals surface area contributed by atoms with E-state index in [1.807, 2.05) is 6.29 Å². The molecule has 0 aromatic heterocycles. The second kappa shape index (κ2) is 7.11. The smallest absolute Gasteiger partial charge is 0.198 e.